The lowest BCUT2D eigenvalue weighted by Crippen LogP contribution is -2.24. The first-order chi connectivity index (χ1) is 8.87. The number of carbonyl (C=O) groups is 1. The Bertz CT molecular complexity index is 482. The van der Waals surface area contributed by atoms with Crippen molar-refractivity contribution in [2.24, 2.45) is 0 Å². The average Bonchev–Trinajstić information content (AvgIpc) is 2.69. The summed E-state index contributed by atoms with van der Waals surface area (Å²) in [6.45, 7) is 6.31. The molecule has 0 aliphatic carbocycles. The van der Waals surface area contributed by atoms with Crippen LogP contribution in [0.1, 0.15) is 42.6 Å². The van der Waals surface area contributed by atoms with Crippen molar-refractivity contribution in [2.75, 3.05) is 12.3 Å². The van der Waals surface area contributed by atoms with E-state index in [4.69, 9.17) is 15.2 Å². The monoisotopic (exact) mass is 263 g/mol. The minimum absolute atomic E-state index is 0.00162. The number of rotatable bonds is 3. The lowest BCUT2D eigenvalue weighted by Gasteiger charge is -2.19. The van der Waals surface area contributed by atoms with E-state index in [9.17, 15) is 4.79 Å². The lowest BCUT2D eigenvalue weighted by molar-refractivity contribution is -0.0444. The van der Waals surface area contributed by atoms with Crippen molar-refractivity contribution >= 4 is 11.7 Å². The predicted octanol–water partition coefficient (Wildman–Crippen LogP) is 2.69. The van der Waals surface area contributed by atoms with Crippen molar-refractivity contribution in [3.8, 4) is 0 Å². The molecule has 1 aliphatic rings. The second-order valence-electron chi connectivity index (χ2n) is 5.71. The molecule has 4 nitrogen and oxygen atoms in total. The molecule has 2 N–H and O–H groups in total. The van der Waals surface area contributed by atoms with Crippen LogP contribution in [0.2, 0.25) is 0 Å². The van der Waals surface area contributed by atoms with Gasteiger partial charge in [0, 0.05) is 5.69 Å². The molecule has 104 valence electrons. The Kier molecular flexibility index (Phi) is 3.80. The normalized spacial score (nSPS) is 21.3. The standard InChI is InChI=1S/C15H21NO3/c1-10-4-5-11(8-13(10)16)14(17)18-9-12-6-7-15(2,3)19-12/h4-5,8,12H,6-7,9,16H2,1-3H3. The molecule has 1 aromatic carbocycles. The molecule has 1 aromatic rings. The van der Waals surface area contributed by atoms with Gasteiger partial charge in [0.05, 0.1) is 17.3 Å². The van der Waals surface area contributed by atoms with Crippen LogP contribution >= 0.6 is 0 Å². The van der Waals surface area contributed by atoms with Gasteiger partial charge in [-0.05, 0) is 51.3 Å². The van der Waals surface area contributed by atoms with Crippen LogP contribution in [0.25, 0.3) is 0 Å². The number of nitrogen functional groups attached to an aromatic ring is 1. The van der Waals surface area contributed by atoms with E-state index in [-0.39, 0.29) is 17.7 Å². The molecule has 1 aliphatic heterocycles. The van der Waals surface area contributed by atoms with E-state index in [2.05, 4.69) is 13.8 Å². The van der Waals surface area contributed by atoms with Crippen molar-refractivity contribution in [1.82, 2.24) is 0 Å². The molecule has 0 spiro atoms. The van der Waals surface area contributed by atoms with Gasteiger partial charge < -0.3 is 15.2 Å². The summed E-state index contributed by atoms with van der Waals surface area (Å²) in [7, 11) is 0. The van der Waals surface area contributed by atoms with E-state index in [1.54, 1.807) is 12.1 Å². The first-order valence-corrected chi connectivity index (χ1v) is 6.58. The first-order valence-electron chi connectivity index (χ1n) is 6.58. The molecule has 19 heavy (non-hydrogen) atoms. The number of nitrogens with two attached hydrogens (primary N) is 1. The van der Waals surface area contributed by atoms with Crippen molar-refractivity contribution in [3.05, 3.63) is 29.3 Å². The van der Waals surface area contributed by atoms with E-state index in [0.29, 0.717) is 17.9 Å². The fourth-order valence-electron chi connectivity index (χ4n) is 2.21. The van der Waals surface area contributed by atoms with Crippen molar-refractivity contribution in [3.63, 3.8) is 0 Å². The SMILES string of the molecule is Cc1ccc(C(=O)OCC2CCC(C)(C)O2)cc1N. The summed E-state index contributed by atoms with van der Waals surface area (Å²) in [6.07, 6.45) is 1.92. The Labute approximate surface area is 113 Å². The largest absolute Gasteiger partial charge is 0.459 e. The molecule has 0 aromatic heterocycles. The zero-order valence-corrected chi connectivity index (χ0v) is 11.7. The zero-order valence-electron chi connectivity index (χ0n) is 11.7. The number of esters is 1. The van der Waals surface area contributed by atoms with Gasteiger partial charge in [0.1, 0.15) is 6.61 Å². The van der Waals surface area contributed by atoms with Crippen molar-refractivity contribution in [1.29, 1.82) is 0 Å². The number of aryl methyl sites for hydroxylation is 1. The molecule has 0 radical (unpaired) electrons. The van der Waals surface area contributed by atoms with Gasteiger partial charge in [-0.25, -0.2) is 4.79 Å². The third-order valence-electron chi connectivity index (χ3n) is 3.47. The van der Waals surface area contributed by atoms with Gasteiger partial charge in [-0.15, -0.1) is 0 Å². The van der Waals surface area contributed by atoms with Crippen LogP contribution in [-0.4, -0.2) is 24.3 Å². The van der Waals surface area contributed by atoms with Crippen LogP contribution < -0.4 is 5.73 Å². The van der Waals surface area contributed by atoms with Gasteiger partial charge in [0.2, 0.25) is 0 Å². The fourth-order valence-corrected chi connectivity index (χ4v) is 2.21. The number of hydrogen-bond donors (Lipinski definition) is 1. The van der Waals surface area contributed by atoms with Crippen LogP contribution in [0.4, 0.5) is 5.69 Å². The summed E-state index contributed by atoms with van der Waals surface area (Å²) in [5, 5.41) is 0. The summed E-state index contributed by atoms with van der Waals surface area (Å²) in [5.74, 6) is -0.347. The number of benzene rings is 1. The highest BCUT2D eigenvalue weighted by Crippen LogP contribution is 2.29. The maximum absolute atomic E-state index is 11.9. The molecular formula is C15H21NO3. The van der Waals surface area contributed by atoms with Gasteiger partial charge in [-0.1, -0.05) is 6.07 Å². The van der Waals surface area contributed by atoms with Crippen molar-refractivity contribution < 1.29 is 14.3 Å². The topological polar surface area (TPSA) is 61.5 Å². The van der Waals surface area contributed by atoms with Gasteiger partial charge in [0.15, 0.2) is 0 Å². The quantitative estimate of drug-likeness (QED) is 0.672. The predicted molar refractivity (Wildman–Crippen MR) is 74.1 cm³/mol. The molecule has 1 heterocycles. The van der Waals surface area contributed by atoms with Crippen LogP contribution in [0.15, 0.2) is 18.2 Å². The van der Waals surface area contributed by atoms with Gasteiger partial charge in [0.25, 0.3) is 0 Å². The minimum atomic E-state index is -0.347. The van der Waals surface area contributed by atoms with Crippen LogP contribution in [0, 0.1) is 6.92 Å². The third kappa shape index (κ3) is 3.47. The Morgan fingerprint density at radius 3 is 2.84 bits per heavy atom. The highest BCUT2D eigenvalue weighted by Gasteiger charge is 2.32. The first kappa shape index (κ1) is 13.9. The maximum atomic E-state index is 11.9. The Morgan fingerprint density at radius 1 is 1.53 bits per heavy atom. The van der Waals surface area contributed by atoms with E-state index >= 15 is 0 Å². The fraction of sp³-hybridized carbons (Fsp3) is 0.533. The average molecular weight is 263 g/mol. The molecule has 2 rings (SSSR count). The molecule has 1 atom stereocenters. The number of ether oxygens (including phenoxy) is 2. The summed E-state index contributed by atoms with van der Waals surface area (Å²) in [5.41, 5.74) is 7.72. The molecule has 1 fully saturated rings. The molecule has 0 amide bonds. The molecule has 0 bridgehead atoms. The van der Waals surface area contributed by atoms with Gasteiger partial charge >= 0.3 is 5.97 Å². The maximum Gasteiger partial charge on any atom is 0.338 e. The molecule has 4 heteroatoms. The minimum Gasteiger partial charge on any atom is -0.459 e. The smallest absolute Gasteiger partial charge is 0.338 e. The number of carbonyl (C=O) groups excluding carboxylic acids is 1. The van der Waals surface area contributed by atoms with E-state index in [1.807, 2.05) is 13.0 Å². The second kappa shape index (κ2) is 5.21. The number of hydrogen-bond acceptors (Lipinski definition) is 4. The third-order valence-corrected chi connectivity index (χ3v) is 3.47. The van der Waals surface area contributed by atoms with Crippen molar-refractivity contribution in [2.45, 2.75) is 45.3 Å². The Balaban J connectivity index is 1.89. The van der Waals surface area contributed by atoms with Gasteiger partial charge in [-0.3, -0.25) is 0 Å². The van der Waals surface area contributed by atoms with Gasteiger partial charge in [-0.2, -0.15) is 0 Å². The second-order valence-corrected chi connectivity index (χ2v) is 5.71. The van der Waals surface area contributed by atoms with E-state index in [0.717, 1.165) is 18.4 Å². The zero-order chi connectivity index (χ0) is 14.0. The molecular weight excluding hydrogens is 242 g/mol. The summed E-state index contributed by atoms with van der Waals surface area (Å²) in [4.78, 5) is 11.9. The molecule has 1 unspecified atom stereocenters. The Morgan fingerprint density at radius 2 is 2.26 bits per heavy atom. The van der Waals surface area contributed by atoms with E-state index in [1.165, 1.54) is 0 Å². The van der Waals surface area contributed by atoms with Crippen LogP contribution in [0.3, 0.4) is 0 Å². The molecule has 0 saturated carbocycles. The highest BCUT2D eigenvalue weighted by atomic mass is 16.6. The Hall–Kier alpha value is -1.55. The summed E-state index contributed by atoms with van der Waals surface area (Å²) >= 11 is 0. The van der Waals surface area contributed by atoms with Crippen LogP contribution in [0.5, 0.6) is 0 Å². The number of anilines is 1. The van der Waals surface area contributed by atoms with E-state index < -0.39 is 0 Å². The van der Waals surface area contributed by atoms with Crippen LogP contribution in [-0.2, 0) is 9.47 Å². The lowest BCUT2D eigenvalue weighted by atomic mass is 10.1. The summed E-state index contributed by atoms with van der Waals surface area (Å²) < 4.78 is 11.1. The molecule has 1 saturated heterocycles. The summed E-state index contributed by atoms with van der Waals surface area (Å²) in [6, 6.07) is 5.20. The highest BCUT2D eigenvalue weighted by molar-refractivity contribution is 5.90.